The predicted molar refractivity (Wildman–Crippen MR) is 67.7 cm³/mol. The lowest BCUT2D eigenvalue weighted by Crippen LogP contribution is -2.37. The van der Waals surface area contributed by atoms with Gasteiger partial charge in [0.2, 0.25) is 0 Å². The molecular formula is C14H18N2. The van der Waals surface area contributed by atoms with Crippen LogP contribution in [0.2, 0.25) is 0 Å². The van der Waals surface area contributed by atoms with Gasteiger partial charge >= 0.3 is 0 Å². The summed E-state index contributed by atoms with van der Waals surface area (Å²) in [6.07, 6.45) is 4.59. The van der Waals surface area contributed by atoms with Crippen molar-refractivity contribution in [2.45, 2.75) is 32.4 Å². The van der Waals surface area contributed by atoms with Crippen molar-refractivity contribution in [2.75, 3.05) is 6.54 Å². The quantitative estimate of drug-likeness (QED) is 0.831. The third kappa shape index (κ3) is 1.54. The monoisotopic (exact) mass is 214 g/mol. The molecule has 3 rings (SSSR count). The topological polar surface area (TPSA) is 17.0 Å². The van der Waals surface area contributed by atoms with Crippen LogP contribution in [0, 0.1) is 0 Å². The van der Waals surface area contributed by atoms with Crippen molar-refractivity contribution in [3.8, 4) is 0 Å². The molecule has 2 heterocycles. The fraction of sp³-hybridized carbons (Fsp3) is 0.429. The highest BCUT2D eigenvalue weighted by molar-refractivity contribution is 5.84. The molecule has 0 saturated carbocycles. The lowest BCUT2D eigenvalue weighted by molar-refractivity contribution is 0.439. The Bertz CT molecular complexity index is 498. The average molecular weight is 214 g/mol. The minimum Gasteiger partial charge on any atom is -0.346 e. The third-order valence-electron chi connectivity index (χ3n) is 3.44. The Morgan fingerprint density at radius 1 is 1.38 bits per heavy atom. The largest absolute Gasteiger partial charge is 0.346 e. The number of rotatable bonds is 3. The van der Waals surface area contributed by atoms with Crippen LogP contribution in [0.4, 0.5) is 0 Å². The van der Waals surface area contributed by atoms with E-state index in [4.69, 9.17) is 0 Å². The maximum Gasteiger partial charge on any atom is 0.0513 e. The van der Waals surface area contributed by atoms with Crippen LogP contribution in [0.1, 0.15) is 18.9 Å². The van der Waals surface area contributed by atoms with Gasteiger partial charge < -0.3 is 9.88 Å². The Morgan fingerprint density at radius 2 is 2.31 bits per heavy atom. The van der Waals surface area contributed by atoms with Gasteiger partial charge in [0.15, 0.2) is 0 Å². The summed E-state index contributed by atoms with van der Waals surface area (Å²) in [6, 6.07) is 9.46. The molecule has 0 spiro atoms. The number of aromatic nitrogens is 1. The first kappa shape index (κ1) is 9.91. The van der Waals surface area contributed by atoms with Gasteiger partial charge in [-0.2, -0.15) is 0 Å². The summed E-state index contributed by atoms with van der Waals surface area (Å²) < 4.78 is 2.39. The highest BCUT2D eigenvalue weighted by Crippen LogP contribution is 2.25. The molecule has 0 amide bonds. The fourth-order valence-electron chi connectivity index (χ4n) is 2.71. The molecule has 0 aliphatic carbocycles. The highest BCUT2D eigenvalue weighted by atomic mass is 15.0. The summed E-state index contributed by atoms with van der Waals surface area (Å²) in [5, 5.41) is 5.01. The van der Waals surface area contributed by atoms with Crippen molar-refractivity contribution in [2.24, 2.45) is 0 Å². The van der Waals surface area contributed by atoms with Gasteiger partial charge in [-0.05, 0) is 36.4 Å². The van der Waals surface area contributed by atoms with E-state index < -0.39 is 0 Å². The molecule has 2 nitrogen and oxygen atoms in total. The number of nitrogens with one attached hydrogen (secondary N) is 1. The molecule has 0 saturated heterocycles. The molecule has 1 unspecified atom stereocenters. The van der Waals surface area contributed by atoms with Gasteiger partial charge in [0.1, 0.15) is 0 Å². The third-order valence-corrected chi connectivity index (χ3v) is 3.44. The molecule has 0 radical (unpaired) electrons. The van der Waals surface area contributed by atoms with E-state index in [9.17, 15) is 0 Å². The second-order valence-corrected chi connectivity index (χ2v) is 4.68. The average Bonchev–Trinajstić information content (AvgIpc) is 2.72. The van der Waals surface area contributed by atoms with Crippen molar-refractivity contribution < 1.29 is 0 Å². The van der Waals surface area contributed by atoms with Crippen LogP contribution >= 0.6 is 0 Å². The lowest BCUT2D eigenvalue weighted by atomic mass is 10.00. The molecule has 1 aromatic heterocycles. The van der Waals surface area contributed by atoms with Crippen molar-refractivity contribution >= 4 is 10.9 Å². The van der Waals surface area contributed by atoms with Crippen molar-refractivity contribution in [3.63, 3.8) is 0 Å². The summed E-state index contributed by atoms with van der Waals surface area (Å²) in [5.74, 6) is 0. The highest BCUT2D eigenvalue weighted by Gasteiger charge is 2.19. The van der Waals surface area contributed by atoms with E-state index in [0.29, 0.717) is 6.04 Å². The van der Waals surface area contributed by atoms with E-state index in [0.717, 1.165) is 13.1 Å². The van der Waals surface area contributed by atoms with Gasteiger partial charge in [-0.25, -0.2) is 0 Å². The lowest BCUT2D eigenvalue weighted by Gasteiger charge is -2.25. The van der Waals surface area contributed by atoms with Crippen molar-refractivity contribution in [3.05, 3.63) is 36.0 Å². The summed E-state index contributed by atoms with van der Waals surface area (Å²) in [6.45, 7) is 4.45. The SMILES string of the molecule is CCCNC1Cc2cccc3ccn(c23)C1. The van der Waals surface area contributed by atoms with Gasteiger partial charge in [0.25, 0.3) is 0 Å². The molecule has 2 heteroatoms. The zero-order chi connectivity index (χ0) is 11.0. The normalized spacial score (nSPS) is 19.2. The van der Waals surface area contributed by atoms with Crippen LogP contribution < -0.4 is 5.32 Å². The first-order valence-electron chi connectivity index (χ1n) is 6.18. The van der Waals surface area contributed by atoms with E-state index in [1.165, 1.54) is 29.3 Å². The second-order valence-electron chi connectivity index (χ2n) is 4.68. The molecular weight excluding hydrogens is 196 g/mol. The molecule has 1 atom stereocenters. The van der Waals surface area contributed by atoms with Crippen LogP contribution in [0.5, 0.6) is 0 Å². The Hall–Kier alpha value is -1.28. The van der Waals surface area contributed by atoms with Crippen LogP contribution in [0.25, 0.3) is 10.9 Å². The van der Waals surface area contributed by atoms with Gasteiger partial charge in [0.05, 0.1) is 5.52 Å². The zero-order valence-corrected chi connectivity index (χ0v) is 9.74. The Kier molecular flexibility index (Phi) is 2.44. The van der Waals surface area contributed by atoms with Gasteiger partial charge in [0, 0.05) is 18.8 Å². The minimum absolute atomic E-state index is 0.602. The van der Waals surface area contributed by atoms with E-state index in [-0.39, 0.29) is 0 Å². The number of hydrogen-bond acceptors (Lipinski definition) is 1. The second kappa shape index (κ2) is 3.95. The molecule has 16 heavy (non-hydrogen) atoms. The summed E-state index contributed by atoms with van der Waals surface area (Å²) in [5.41, 5.74) is 2.93. The molecule has 0 fully saturated rings. The number of benzene rings is 1. The van der Waals surface area contributed by atoms with Gasteiger partial charge in [-0.15, -0.1) is 0 Å². The van der Waals surface area contributed by atoms with Crippen molar-refractivity contribution in [1.82, 2.24) is 9.88 Å². The van der Waals surface area contributed by atoms with Crippen LogP contribution in [0.3, 0.4) is 0 Å². The van der Waals surface area contributed by atoms with Gasteiger partial charge in [-0.1, -0.05) is 25.1 Å². The molecule has 2 aromatic rings. The smallest absolute Gasteiger partial charge is 0.0513 e. The van der Waals surface area contributed by atoms with E-state index in [1.807, 2.05) is 0 Å². The molecule has 1 aliphatic heterocycles. The molecule has 0 bridgehead atoms. The molecule has 1 aromatic carbocycles. The first-order valence-corrected chi connectivity index (χ1v) is 6.18. The van der Waals surface area contributed by atoms with Crippen LogP contribution in [-0.2, 0) is 13.0 Å². The molecule has 84 valence electrons. The zero-order valence-electron chi connectivity index (χ0n) is 9.74. The Morgan fingerprint density at radius 3 is 3.19 bits per heavy atom. The van der Waals surface area contributed by atoms with Crippen LogP contribution in [0.15, 0.2) is 30.5 Å². The van der Waals surface area contributed by atoms with E-state index >= 15 is 0 Å². The van der Waals surface area contributed by atoms with E-state index in [2.05, 4.69) is 47.3 Å². The number of nitrogens with zero attached hydrogens (tertiary/aromatic N) is 1. The standard InChI is InChI=1S/C14H18N2/c1-2-7-15-13-9-12-5-3-4-11-6-8-16(10-13)14(11)12/h3-6,8,13,15H,2,7,9-10H2,1H3. The summed E-state index contributed by atoms with van der Waals surface area (Å²) >= 11 is 0. The number of hydrogen-bond donors (Lipinski definition) is 1. The van der Waals surface area contributed by atoms with Crippen LogP contribution in [-0.4, -0.2) is 17.2 Å². The number of para-hydroxylation sites is 1. The predicted octanol–water partition coefficient (Wildman–Crippen LogP) is 2.57. The maximum absolute atomic E-state index is 3.62. The van der Waals surface area contributed by atoms with Gasteiger partial charge in [-0.3, -0.25) is 0 Å². The van der Waals surface area contributed by atoms with Crippen molar-refractivity contribution in [1.29, 1.82) is 0 Å². The van der Waals surface area contributed by atoms with E-state index in [1.54, 1.807) is 0 Å². The molecule has 1 N–H and O–H groups in total. The Labute approximate surface area is 96.3 Å². The maximum atomic E-state index is 3.62. The fourth-order valence-corrected chi connectivity index (χ4v) is 2.71. The first-order chi connectivity index (χ1) is 7.88. The molecule has 1 aliphatic rings. The summed E-state index contributed by atoms with van der Waals surface area (Å²) in [4.78, 5) is 0. The minimum atomic E-state index is 0.602. The summed E-state index contributed by atoms with van der Waals surface area (Å²) in [7, 11) is 0. The Balaban J connectivity index is 1.94.